The average Bonchev–Trinajstić information content (AvgIpc) is 2.81. The Hall–Kier alpha value is -0.630. The number of amides is 1. The molecule has 2 aliphatic rings. The van der Waals surface area contributed by atoms with Gasteiger partial charge in [-0.3, -0.25) is 4.79 Å². The zero-order valence-corrected chi connectivity index (χ0v) is 15.6. The zero-order chi connectivity index (χ0) is 16.0. The van der Waals surface area contributed by atoms with Crippen LogP contribution < -0.4 is 0 Å². The van der Waals surface area contributed by atoms with Crippen LogP contribution in [0.2, 0.25) is 0 Å². The van der Waals surface area contributed by atoms with Gasteiger partial charge in [0.15, 0.2) is 0 Å². The molecule has 0 bridgehead atoms. The number of carbonyl (C=O) groups excluding carboxylic acids is 1. The standard InChI is InChI=1S/C16H20INO3S/c1-12-5-7-13(8-6-12)22(20,21)18-11-16(10-15(18)19)9-3-2-4-14(16)17/h5-8,14H,2-4,9-11H2,1H3/t14-,16+/m1/s1. The molecule has 0 aromatic heterocycles. The first-order valence-electron chi connectivity index (χ1n) is 7.61. The van der Waals surface area contributed by atoms with Gasteiger partial charge in [0.2, 0.25) is 5.91 Å². The van der Waals surface area contributed by atoms with Crippen molar-refractivity contribution in [3.05, 3.63) is 29.8 Å². The van der Waals surface area contributed by atoms with Crippen LogP contribution in [0.4, 0.5) is 0 Å². The number of carbonyl (C=O) groups is 1. The summed E-state index contributed by atoms with van der Waals surface area (Å²) < 4.78 is 27.1. The summed E-state index contributed by atoms with van der Waals surface area (Å²) in [6.45, 7) is 2.25. The molecule has 3 rings (SSSR count). The Morgan fingerprint density at radius 1 is 1.23 bits per heavy atom. The fourth-order valence-corrected chi connectivity index (χ4v) is 6.18. The van der Waals surface area contributed by atoms with Gasteiger partial charge in [-0.15, -0.1) is 0 Å². The Bertz CT molecular complexity index is 686. The van der Waals surface area contributed by atoms with Gasteiger partial charge in [-0.25, -0.2) is 12.7 Å². The lowest BCUT2D eigenvalue weighted by Gasteiger charge is -2.37. The van der Waals surface area contributed by atoms with Crippen LogP contribution in [-0.4, -0.2) is 29.1 Å². The van der Waals surface area contributed by atoms with Crippen molar-refractivity contribution in [2.24, 2.45) is 5.41 Å². The molecule has 4 nitrogen and oxygen atoms in total. The minimum atomic E-state index is -3.72. The fourth-order valence-electron chi connectivity index (χ4n) is 3.52. The fraction of sp³-hybridized carbons (Fsp3) is 0.562. The Morgan fingerprint density at radius 2 is 1.91 bits per heavy atom. The van der Waals surface area contributed by atoms with Crippen LogP contribution in [0.3, 0.4) is 0 Å². The number of nitrogens with zero attached hydrogens (tertiary/aromatic N) is 1. The third-order valence-electron chi connectivity index (χ3n) is 4.90. The molecule has 0 N–H and O–H groups in total. The molecule has 1 aromatic carbocycles. The van der Waals surface area contributed by atoms with E-state index in [-0.39, 0.29) is 16.2 Å². The van der Waals surface area contributed by atoms with Gasteiger partial charge in [-0.05, 0) is 31.9 Å². The molecule has 1 amide bonds. The van der Waals surface area contributed by atoms with Crippen LogP contribution in [-0.2, 0) is 14.8 Å². The van der Waals surface area contributed by atoms with E-state index >= 15 is 0 Å². The lowest BCUT2D eigenvalue weighted by atomic mass is 9.73. The summed E-state index contributed by atoms with van der Waals surface area (Å²) in [5, 5.41) is 0. The van der Waals surface area contributed by atoms with E-state index in [0.29, 0.717) is 16.9 Å². The predicted molar refractivity (Wildman–Crippen MR) is 93.4 cm³/mol. The largest absolute Gasteiger partial charge is 0.274 e. The number of hydrogen-bond donors (Lipinski definition) is 0. The van der Waals surface area contributed by atoms with Crippen molar-refractivity contribution < 1.29 is 13.2 Å². The van der Waals surface area contributed by atoms with Gasteiger partial charge in [0.1, 0.15) is 0 Å². The van der Waals surface area contributed by atoms with E-state index in [1.807, 2.05) is 6.92 Å². The molecule has 1 aromatic rings. The van der Waals surface area contributed by atoms with Crippen LogP contribution in [0.25, 0.3) is 0 Å². The first kappa shape index (κ1) is 16.2. The Kier molecular flexibility index (Phi) is 4.26. The highest BCUT2D eigenvalue weighted by atomic mass is 127. The Labute approximate surface area is 145 Å². The Morgan fingerprint density at radius 3 is 2.55 bits per heavy atom. The lowest BCUT2D eigenvalue weighted by Crippen LogP contribution is -2.39. The predicted octanol–water partition coefficient (Wildman–Crippen LogP) is 3.28. The molecule has 1 heterocycles. The highest BCUT2D eigenvalue weighted by Gasteiger charge is 2.51. The van der Waals surface area contributed by atoms with Crippen molar-refractivity contribution in [3.63, 3.8) is 0 Å². The van der Waals surface area contributed by atoms with E-state index in [1.54, 1.807) is 24.3 Å². The number of alkyl halides is 1. The molecule has 1 spiro atoms. The van der Waals surface area contributed by atoms with E-state index in [0.717, 1.165) is 29.1 Å². The van der Waals surface area contributed by atoms with E-state index < -0.39 is 10.0 Å². The van der Waals surface area contributed by atoms with Crippen LogP contribution in [0.15, 0.2) is 29.2 Å². The summed E-state index contributed by atoms with van der Waals surface area (Å²) in [7, 11) is -3.72. The summed E-state index contributed by atoms with van der Waals surface area (Å²) >= 11 is 2.41. The van der Waals surface area contributed by atoms with Gasteiger partial charge < -0.3 is 0 Å². The van der Waals surface area contributed by atoms with Crippen LogP contribution in [0.5, 0.6) is 0 Å². The highest BCUT2D eigenvalue weighted by Crippen LogP contribution is 2.49. The minimum absolute atomic E-state index is 0.159. The highest BCUT2D eigenvalue weighted by molar-refractivity contribution is 14.1. The third kappa shape index (κ3) is 2.68. The summed E-state index contributed by atoms with van der Waals surface area (Å²) in [6.07, 6.45) is 4.66. The second-order valence-corrected chi connectivity index (χ2v) is 9.84. The molecule has 1 aliphatic heterocycles. The second kappa shape index (κ2) is 5.78. The number of sulfonamides is 1. The second-order valence-electron chi connectivity index (χ2n) is 6.47. The van der Waals surface area contributed by atoms with Crippen molar-refractivity contribution in [1.82, 2.24) is 4.31 Å². The van der Waals surface area contributed by atoms with Gasteiger partial charge in [0.25, 0.3) is 10.0 Å². The van der Waals surface area contributed by atoms with Crippen LogP contribution >= 0.6 is 22.6 Å². The third-order valence-corrected chi connectivity index (χ3v) is 8.62. The van der Waals surface area contributed by atoms with E-state index in [1.165, 1.54) is 6.42 Å². The Balaban J connectivity index is 1.91. The van der Waals surface area contributed by atoms with Gasteiger partial charge in [0, 0.05) is 22.3 Å². The van der Waals surface area contributed by atoms with Crippen LogP contribution in [0, 0.1) is 12.3 Å². The van der Waals surface area contributed by atoms with Crippen molar-refractivity contribution in [2.75, 3.05) is 6.54 Å². The molecule has 0 unspecified atom stereocenters. The van der Waals surface area contributed by atoms with Crippen molar-refractivity contribution >= 4 is 38.5 Å². The van der Waals surface area contributed by atoms with Gasteiger partial charge >= 0.3 is 0 Å². The molecule has 6 heteroatoms. The van der Waals surface area contributed by atoms with E-state index in [9.17, 15) is 13.2 Å². The number of aryl methyl sites for hydroxylation is 1. The first-order valence-corrected chi connectivity index (χ1v) is 10.3. The SMILES string of the molecule is Cc1ccc(S(=O)(=O)N2C[C@]3(CCCC[C@H]3I)CC2=O)cc1. The maximum absolute atomic E-state index is 12.8. The minimum Gasteiger partial charge on any atom is -0.274 e. The maximum Gasteiger partial charge on any atom is 0.266 e. The number of benzene rings is 1. The molecule has 1 aliphatic carbocycles. The van der Waals surface area contributed by atoms with Gasteiger partial charge in [-0.1, -0.05) is 53.1 Å². The molecule has 2 fully saturated rings. The monoisotopic (exact) mass is 433 g/mol. The lowest BCUT2D eigenvalue weighted by molar-refractivity contribution is -0.124. The topological polar surface area (TPSA) is 54.5 Å². The summed E-state index contributed by atoms with van der Waals surface area (Å²) in [5.74, 6) is -0.246. The maximum atomic E-state index is 12.8. The normalized spacial score (nSPS) is 29.3. The van der Waals surface area contributed by atoms with E-state index in [2.05, 4.69) is 22.6 Å². The van der Waals surface area contributed by atoms with Crippen molar-refractivity contribution in [2.45, 2.75) is 47.8 Å². The van der Waals surface area contributed by atoms with E-state index in [4.69, 9.17) is 0 Å². The summed E-state index contributed by atoms with van der Waals surface area (Å²) in [5.41, 5.74) is 0.844. The average molecular weight is 433 g/mol. The molecular weight excluding hydrogens is 413 g/mol. The number of rotatable bonds is 2. The van der Waals surface area contributed by atoms with Gasteiger partial charge in [-0.2, -0.15) is 0 Å². The quantitative estimate of drug-likeness (QED) is 0.532. The molecule has 22 heavy (non-hydrogen) atoms. The first-order chi connectivity index (χ1) is 10.3. The van der Waals surface area contributed by atoms with Crippen molar-refractivity contribution in [1.29, 1.82) is 0 Å². The number of hydrogen-bond acceptors (Lipinski definition) is 3. The smallest absolute Gasteiger partial charge is 0.266 e. The molecule has 1 saturated carbocycles. The summed E-state index contributed by atoms with van der Waals surface area (Å²) in [6, 6.07) is 6.71. The zero-order valence-electron chi connectivity index (χ0n) is 12.6. The molecule has 1 saturated heterocycles. The number of halogens is 1. The van der Waals surface area contributed by atoms with Crippen LogP contribution in [0.1, 0.15) is 37.7 Å². The van der Waals surface area contributed by atoms with Gasteiger partial charge in [0.05, 0.1) is 4.90 Å². The van der Waals surface area contributed by atoms with Crippen molar-refractivity contribution in [3.8, 4) is 0 Å². The molecular formula is C16H20INO3S. The molecule has 2 atom stereocenters. The molecule has 120 valence electrons. The molecule has 0 radical (unpaired) electrons. The summed E-state index contributed by atoms with van der Waals surface area (Å²) in [4.78, 5) is 12.6.